The van der Waals surface area contributed by atoms with Crippen molar-refractivity contribution in [1.29, 1.82) is 0 Å². The number of anilines is 1. The molecule has 1 aromatic heterocycles. The van der Waals surface area contributed by atoms with Crippen molar-refractivity contribution in [2.24, 2.45) is 5.92 Å². The van der Waals surface area contributed by atoms with Crippen LogP contribution < -0.4 is 10.2 Å². The van der Waals surface area contributed by atoms with E-state index in [0.29, 0.717) is 12.1 Å². The Morgan fingerprint density at radius 2 is 2.00 bits per heavy atom. The highest BCUT2D eigenvalue weighted by atomic mass is 15.3. The molecule has 18 heavy (non-hydrogen) atoms. The van der Waals surface area contributed by atoms with Gasteiger partial charge >= 0.3 is 0 Å². The van der Waals surface area contributed by atoms with Crippen LogP contribution in [0.4, 0.5) is 5.95 Å². The SMILES string of the molecule is CC1CC(C)N(c2ncc(CNC(C)C)cn2)C1. The van der Waals surface area contributed by atoms with Gasteiger partial charge in [0.05, 0.1) is 0 Å². The molecule has 2 heterocycles. The molecule has 2 rings (SSSR count). The van der Waals surface area contributed by atoms with Gasteiger partial charge in [-0.15, -0.1) is 0 Å². The normalized spacial score (nSPS) is 23.9. The lowest BCUT2D eigenvalue weighted by Crippen LogP contribution is -2.28. The van der Waals surface area contributed by atoms with Crippen LogP contribution in [0.3, 0.4) is 0 Å². The van der Waals surface area contributed by atoms with Crippen LogP contribution >= 0.6 is 0 Å². The van der Waals surface area contributed by atoms with Crippen molar-refractivity contribution < 1.29 is 0 Å². The monoisotopic (exact) mass is 248 g/mol. The first kappa shape index (κ1) is 13.3. The van der Waals surface area contributed by atoms with Gasteiger partial charge in [-0.1, -0.05) is 20.8 Å². The number of nitrogens with one attached hydrogen (secondary N) is 1. The van der Waals surface area contributed by atoms with Gasteiger partial charge in [-0.3, -0.25) is 0 Å². The predicted octanol–water partition coefficient (Wildman–Crippen LogP) is 2.21. The van der Waals surface area contributed by atoms with Gasteiger partial charge in [0.25, 0.3) is 0 Å². The fourth-order valence-corrected chi connectivity index (χ4v) is 2.49. The molecule has 1 aromatic rings. The van der Waals surface area contributed by atoms with Gasteiger partial charge in [0, 0.05) is 43.1 Å². The molecular weight excluding hydrogens is 224 g/mol. The van der Waals surface area contributed by atoms with Crippen molar-refractivity contribution in [2.45, 2.75) is 52.7 Å². The van der Waals surface area contributed by atoms with Crippen molar-refractivity contribution in [2.75, 3.05) is 11.4 Å². The average Bonchev–Trinajstić information content (AvgIpc) is 2.66. The fraction of sp³-hybridized carbons (Fsp3) is 0.714. The minimum absolute atomic E-state index is 0.490. The van der Waals surface area contributed by atoms with E-state index >= 15 is 0 Å². The van der Waals surface area contributed by atoms with Crippen LogP contribution in [0.2, 0.25) is 0 Å². The smallest absolute Gasteiger partial charge is 0.225 e. The van der Waals surface area contributed by atoms with E-state index in [1.807, 2.05) is 12.4 Å². The van der Waals surface area contributed by atoms with Crippen molar-refractivity contribution >= 4 is 5.95 Å². The molecule has 0 spiro atoms. The molecule has 2 atom stereocenters. The Bertz CT molecular complexity index is 374. The van der Waals surface area contributed by atoms with Gasteiger partial charge in [-0.05, 0) is 19.3 Å². The van der Waals surface area contributed by atoms with E-state index in [2.05, 4.69) is 47.9 Å². The highest BCUT2D eigenvalue weighted by molar-refractivity contribution is 5.33. The van der Waals surface area contributed by atoms with E-state index in [0.717, 1.165) is 30.5 Å². The van der Waals surface area contributed by atoms with E-state index in [1.165, 1.54) is 6.42 Å². The number of hydrogen-bond acceptors (Lipinski definition) is 4. The highest BCUT2D eigenvalue weighted by Crippen LogP contribution is 2.25. The van der Waals surface area contributed by atoms with Crippen molar-refractivity contribution in [3.8, 4) is 0 Å². The summed E-state index contributed by atoms with van der Waals surface area (Å²) in [7, 11) is 0. The Morgan fingerprint density at radius 1 is 1.33 bits per heavy atom. The first-order valence-electron chi connectivity index (χ1n) is 6.87. The molecular formula is C14H24N4. The van der Waals surface area contributed by atoms with E-state index in [4.69, 9.17) is 0 Å². The second-order valence-electron chi connectivity index (χ2n) is 5.77. The number of hydrogen-bond donors (Lipinski definition) is 1. The molecule has 1 fully saturated rings. The van der Waals surface area contributed by atoms with Crippen LogP contribution in [0.1, 0.15) is 39.7 Å². The van der Waals surface area contributed by atoms with E-state index in [9.17, 15) is 0 Å². The van der Waals surface area contributed by atoms with E-state index in [1.54, 1.807) is 0 Å². The van der Waals surface area contributed by atoms with Gasteiger partial charge in [-0.2, -0.15) is 0 Å². The molecule has 0 saturated carbocycles. The van der Waals surface area contributed by atoms with Gasteiger partial charge in [0.15, 0.2) is 0 Å². The van der Waals surface area contributed by atoms with Crippen LogP contribution in [0, 0.1) is 5.92 Å². The lowest BCUT2D eigenvalue weighted by Gasteiger charge is -2.21. The Hall–Kier alpha value is -1.16. The van der Waals surface area contributed by atoms with Gasteiger partial charge in [0.2, 0.25) is 5.95 Å². The molecule has 4 nitrogen and oxygen atoms in total. The molecule has 0 bridgehead atoms. The summed E-state index contributed by atoms with van der Waals surface area (Å²) in [6.07, 6.45) is 5.11. The lowest BCUT2D eigenvalue weighted by molar-refractivity contribution is 0.586. The largest absolute Gasteiger partial charge is 0.338 e. The highest BCUT2D eigenvalue weighted by Gasteiger charge is 2.27. The summed E-state index contributed by atoms with van der Waals surface area (Å²) in [5.41, 5.74) is 1.15. The van der Waals surface area contributed by atoms with Crippen molar-refractivity contribution in [3.63, 3.8) is 0 Å². The Balaban J connectivity index is 1.99. The summed E-state index contributed by atoms with van der Waals surface area (Å²) in [6.45, 7) is 10.7. The molecule has 0 aromatic carbocycles. The first-order chi connectivity index (χ1) is 8.56. The van der Waals surface area contributed by atoms with Crippen LogP contribution in [-0.2, 0) is 6.54 Å². The Labute approximate surface area is 110 Å². The average molecular weight is 248 g/mol. The minimum Gasteiger partial charge on any atom is -0.338 e. The van der Waals surface area contributed by atoms with Gasteiger partial charge in [0.1, 0.15) is 0 Å². The second kappa shape index (κ2) is 5.65. The topological polar surface area (TPSA) is 41.1 Å². The molecule has 0 aliphatic carbocycles. The Kier molecular flexibility index (Phi) is 4.17. The summed E-state index contributed by atoms with van der Waals surface area (Å²) in [5.74, 6) is 1.62. The summed E-state index contributed by atoms with van der Waals surface area (Å²) in [5, 5.41) is 3.37. The third-order valence-electron chi connectivity index (χ3n) is 3.45. The van der Waals surface area contributed by atoms with E-state index < -0.39 is 0 Å². The summed E-state index contributed by atoms with van der Waals surface area (Å²) < 4.78 is 0. The fourth-order valence-electron chi connectivity index (χ4n) is 2.49. The zero-order chi connectivity index (χ0) is 13.1. The van der Waals surface area contributed by atoms with Crippen LogP contribution in [0.5, 0.6) is 0 Å². The second-order valence-corrected chi connectivity index (χ2v) is 5.77. The van der Waals surface area contributed by atoms with Crippen LogP contribution in [0.15, 0.2) is 12.4 Å². The maximum atomic E-state index is 4.50. The summed E-state index contributed by atoms with van der Waals surface area (Å²) >= 11 is 0. The molecule has 1 N–H and O–H groups in total. The molecule has 1 saturated heterocycles. The van der Waals surface area contributed by atoms with Gasteiger partial charge in [-0.25, -0.2) is 9.97 Å². The van der Waals surface area contributed by atoms with Gasteiger partial charge < -0.3 is 10.2 Å². The molecule has 1 aliphatic heterocycles. The third kappa shape index (κ3) is 3.19. The van der Waals surface area contributed by atoms with E-state index in [-0.39, 0.29) is 0 Å². The number of rotatable bonds is 4. The molecule has 0 radical (unpaired) electrons. The zero-order valence-electron chi connectivity index (χ0n) is 11.8. The predicted molar refractivity (Wildman–Crippen MR) is 74.6 cm³/mol. The van der Waals surface area contributed by atoms with Crippen LogP contribution in [0.25, 0.3) is 0 Å². The molecule has 100 valence electrons. The van der Waals surface area contributed by atoms with Crippen LogP contribution in [-0.4, -0.2) is 28.6 Å². The third-order valence-corrected chi connectivity index (χ3v) is 3.45. The molecule has 0 amide bonds. The first-order valence-corrected chi connectivity index (χ1v) is 6.87. The summed E-state index contributed by atoms with van der Waals surface area (Å²) in [6, 6.07) is 1.05. The van der Waals surface area contributed by atoms with Crippen molar-refractivity contribution in [3.05, 3.63) is 18.0 Å². The standard InChI is InChI=1S/C14H24N4/c1-10(2)15-6-13-7-16-14(17-8-13)18-9-11(3)5-12(18)4/h7-8,10-12,15H,5-6,9H2,1-4H3. The Morgan fingerprint density at radius 3 is 2.50 bits per heavy atom. The minimum atomic E-state index is 0.490. The van der Waals surface area contributed by atoms with Crippen molar-refractivity contribution in [1.82, 2.24) is 15.3 Å². The zero-order valence-corrected chi connectivity index (χ0v) is 11.8. The maximum absolute atomic E-state index is 4.50. The maximum Gasteiger partial charge on any atom is 0.225 e. The quantitative estimate of drug-likeness (QED) is 0.887. The molecule has 1 aliphatic rings. The number of nitrogens with zero attached hydrogens (tertiary/aromatic N) is 3. The summed E-state index contributed by atoms with van der Waals surface area (Å²) in [4.78, 5) is 11.3. The molecule has 2 unspecified atom stereocenters. The number of aromatic nitrogens is 2. The lowest BCUT2D eigenvalue weighted by atomic mass is 10.1. The molecule has 4 heteroatoms.